The van der Waals surface area contributed by atoms with E-state index in [4.69, 9.17) is 11.6 Å². The molecule has 0 saturated heterocycles. The molecule has 0 heterocycles. The van der Waals surface area contributed by atoms with Gasteiger partial charge in [0, 0.05) is 17.9 Å². The van der Waals surface area contributed by atoms with E-state index in [1.807, 2.05) is 30.3 Å². The van der Waals surface area contributed by atoms with Crippen LogP contribution in [0.2, 0.25) is 5.02 Å². The molecule has 1 nitrogen and oxygen atoms in total. The molecule has 0 aliphatic rings. The molecule has 0 radical (unpaired) electrons. The first-order chi connectivity index (χ1) is 8.96. The lowest BCUT2D eigenvalue weighted by Crippen LogP contribution is -2.30. The van der Waals surface area contributed by atoms with Crippen LogP contribution in [0.1, 0.15) is 18.1 Å². The molecule has 1 N–H and O–H groups in total. The molecule has 2 aromatic carbocycles. The van der Waals surface area contributed by atoms with Crippen molar-refractivity contribution in [3.05, 3.63) is 70.5 Å². The summed E-state index contributed by atoms with van der Waals surface area (Å²) in [6, 6.07) is 13.9. The van der Waals surface area contributed by atoms with Gasteiger partial charge in [0.15, 0.2) is 0 Å². The van der Waals surface area contributed by atoms with Gasteiger partial charge in [-0.1, -0.05) is 41.9 Å². The highest BCUT2D eigenvalue weighted by molar-refractivity contribution is 6.31. The lowest BCUT2D eigenvalue weighted by molar-refractivity contribution is 0.0608. The zero-order valence-corrected chi connectivity index (χ0v) is 11.5. The molecule has 1 unspecified atom stereocenters. The first-order valence-corrected chi connectivity index (χ1v) is 6.54. The molecular weight excluding hydrogens is 263 g/mol. The molecule has 0 bridgehead atoms. The molecule has 0 saturated carbocycles. The monoisotopic (exact) mass is 278 g/mol. The average Bonchev–Trinajstić information content (AvgIpc) is 2.34. The molecule has 0 amide bonds. The molecule has 0 spiro atoms. The van der Waals surface area contributed by atoms with Crippen LogP contribution in [0.15, 0.2) is 48.5 Å². The van der Waals surface area contributed by atoms with Crippen molar-refractivity contribution < 1.29 is 9.50 Å². The molecule has 0 aromatic heterocycles. The minimum Gasteiger partial charge on any atom is -0.389 e. The Balaban J connectivity index is 2.14. The zero-order valence-electron chi connectivity index (χ0n) is 10.7. The van der Waals surface area contributed by atoms with Gasteiger partial charge in [0.2, 0.25) is 0 Å². The number of aliphatic hydroxyl groups is 1. The predicted molar refractivity (Wildman–Crippen MR) is 75.9 cm³/mol. The van der Waals surface area contributed by atoms with E-state index in [0.29, 0.717) is 23.4 Å². The van der Waals surface area contributed by atoms with Gasteiger partial charge in [-0.05, 0) is 36.2 Å². The Bertz CT molecular complexity index is 552. The first kappa shape index (κ1) is 14.0. The van der Waals surface area contributed by atoms with Crippen LogP contribution in [0.5, 0.6) is 0 Å². The zero-order chi connectivity index (χ0) is 13.9. The van der Waals surface area contributed by atoms with Crippen LogP contribution in [-0.4, -0.2) is 10.7 Å². The second kappa shape index (κ2) is 5.72. The third-order valence-corrected chi connectivity index (χ3v) is 3.38. The quantitative estimate of drug-likeness (QED) is 0.896. The van der Waals surface area contributed by atoms with Gasteiger partial charge in [-0.15, -0.1) is 0 Å². The SMILES string of the molecule is CC(O)(Cc1ccccc1)Cc1cc(F)ccc1Cl. The highest BCUT2D eigenvalue weighted by Crippen LogP contribution is 2.24. The van der Waals surface area contributed by atoms with Crippen molar-refractivity contribution in [3.63, 3.8) is 0 Å². The summed E-state index contributed by atoms with van der Waals surface area (Å²) in [5.41, 5.74) is 0.710. The van der Waals surface area contributed by atoms with Gasteiger partial charge in [0.05, 0.1) is 5.60 Å². The standard InChI is InChI=1S/C16H16ClFO/c1-16(19,10-12-5-3-2-4-6-12)11-13-9-14(18)7-8-15(13)17/h2-9,19H,10-11H2,1H3. The van der Waals surface area contributed by atoms with Crippen molar-refractivity contribution >= 4 is 11.6 Å². The molecule has 0 aliphatic heterocycles. The van der Waals surface area contributed by atoms with Crippen LogP contribution in [0, 0.1) is 5.82 Å². The fourth-order valence-electron chi connectivity index (χ4n) is 2.19. The van der Waals surface area contributed by atoms with Crippen molar-refractivity contribution in [1.82, 2.24) is 0 Å². The van der Waals surface area contributed by atoms with Crippen molar-refractivity contribution in [2.45, 2.75) is 25.4 Å². The third-order valence-electron chi connectivity index (χ3n) is 3.01. The van der Waals surface area contributed by atoms with E-state index in [0.717, 1.165) is 5.56 Å². The fourth-order valence-corrected chi connectivity index (χ4v) is 2.37. The van der Waals surface area contributed by atoms with Gasteiger partial charge >= 0.3 is 0 Å². The summed E-state index contributed by atoms with van der Waals surface area (Å²) >= 11 is 6.03. The summed E-state index contributed by atoms with van der Waals surface area (Å²) in [5, 5.41) is 10.9. The third kappa shape index (κ3) is 4.05. The Hall–Kier alpha value is -1.38. The van der Waals surface area contributed by atoms with E-state index >= 15 is 0 Å². The van der Waals surface area contributed by atoms with Gasteiger partial charge in [-0.3, -0.25) is 0 Å². The number of hydrogen-bond donors (Lipinski definition) is 1. The normalized spacial score (nSPS) is 14.1. The Morgan fingerprint density at radius 2 is 1.79 bits per heavy atom. The predicted octanol–water partition coefficient (Wildman–Crippen LogP) is 4.02. The van der Waals surface area contributed by atoms with E-state index < -0.39 is 5.60 Å². The number of rotatable bonds is 4. The van der Waals surface area contributed by atoms with Gasteiger partial charge in [-0.2, -0.15) is 0 Å². The molecule has 1 atom stereocenters. The Morgan fingerprint density at radius 3 is 2.47 bits per heavy atom. The summed E-state index contributed by atoms with van der Waals surface area (Å²) in [6.45, 7) is 1.74. The summed E-state index contributed by atoms with van der Waals surface area (Å²) in [4.78, 5) is 0. The first-order valence-electron chi connectivity index (χ1n) is 6.16. The average molecular weight is 279 g/mol. The van der Waals surface area contributed by atoms with E-state index in [2.05, 4.69) is 0 Å². The lowest BCUT2D eigenvalue weighted by atomic mass is 9.90. The summed E-state index contributed by atoms with van der Waals surface area (Å²) in [5.74, 6) is -0.338. The largest absolute Gasteiger partial charge is 0.389 e. The van der Waals surface area contributed by atoms with Crippen LogP contribution in [-0.2, 0) is 12.8 Å². The van der Waals surface area contributed by atoms with Gasteiger partial charge in [0.1, 0.15) is 5.82 Å². The van der Waals surface area contributed by atoms with Gasteiger partial charge in [0.25, 0.3) is 0 Å². The summed E-state index contributed by atoms with van der Waals surface area (Å²) in [6.07, 6.45) is 0.819. The van der Waals surface area contributed by atoms with E-state index in [9.17, 15) is 9.50 Å². The highest BCUT2D eigenvalue weighted by Gasteiger charge is 2.23. The van der Waals surface area contributed by atoms with Crippen LogP contribution in [0.25, 0.3) is 0 Å². The van der Waals surface area contributed by atoms with Crippen molar-refractivity contribution in [3.8, 4) is 0 Å². The van der Waals surface area contributed by atoms with Crippen LogP contribution in [0.3, 0.4) is 0 Å². The molecule has 2 rings (SSSR count). The maximum absolute atomic E-state index is 13.2. The number of hydrogen-bond acceptors (Lipinski definition) is 1. The van der Waals surface area contributed by atoms with E-state index in [1.54, 1.807) is 6.92 Å². The van der Waals surface area contributed by atoms with Gasteiger partial charge < -0.3 is 5.11 Å². The van der Waals surface area contributed by atoms with Crippen molar-refractivity contribution in [1.29, 1.82) is 0 Å². The smallest absolute Gasteiger partial charge is 0.123 e. The van der Waals surface area contributed by atoms with Crippen LogP contribution < -0.4 is 0 Å². The topological polar surface area (TPSA) is 20.2 Å². The van der Waals surface area contributed by atoms with Gasteiger partial charge in [-0.25, -0.2) is 4.39 Å². The number of benzene rings is 2. The maximum Gasteiger partial charge on any atom is 0.123 e. The second-order valence-electron chi connectivity index (χ2n) is 5.07. The molecule has 19 heavy (non-hydrogen) atoms. The maximum atomic E-state index is 13.2. The molecule has 3 heteroatoms. The molecule has 2 aromatic rings. The van der Waals surface area contributed by atoms with Crippen molar-refractivity contribution in [2.75, 3.05) is 0 Å². The second-order valence-corrected chi connectivity index (χ2v) is 5.48. The minimum absolute atomic E-state index is 0.318. The number of halogens is 2. The summed E-state index contributed by atoms with van der Waals surface area (Å²) in [7, 11) is 0. The summed E-state index contributed by atoms with van der Waals surface area (Å²) < 4.78 is 13.2. The Labute approximate surface area is 117 Å². The Morgan fingerprint density at radius 1 is 1.11 bits per heavy atom. The minimum atomic E-state index is -0.960. The van der Waals surface area contributed by atoms with Crippen LogP contribution in [0.4, 0.5) is 4.39 Å². The van der Waals surface area contributed by atoms with Crippen molar-refractivity contribution in [2.24, 2.45) is 0 Å². The molecule has 0 fully saturated rings. The highest BCUT2D eigenvalue weighted by atomic mass is 35.5. The lowest BCUT2D eigenvalue weighted by Gasteiger charge is -2.24. The van der Waals surface area contributed by atoms with Crippen LogP contribution >= 0.6 is 11.6 Å². The molecule has 0 aliphatic carbocycles. The molecular formula is C16H16ClFO. The van der Waals surface area contributed by atoms with E-state index in [1.165, 1.54) is 18.2 Å². The van der Waals surface area contributed by atoms with E-state index in [-0.39, 0.29) is 5.82 Å². The fraction of sp³-hybridized carbons (Fsp3) is 0.250. The molecule has 100 valence electrons. The Kier molecular flexibility index (Phi) is 4.23.